The van der Waals surface area contributed by atoms with Gasteiger partial charge in [0.2, 0.25) is 0 Å². The second-order valence-corrected chi connectivity index (χ2v) is 4.54. The largest absolute Gasteiger partial charge is 0.361 e. The molecule has 2 aromatic rings. The molecule has 0 bridgehead atoms. The van der Waals surface area contributed by atoms with Crippen molar-refractivity contribution in [2.45, 2.75) is 18.8 Å². The Morgan fingerprint density at radius 2 is 2.33 bits per heavy atom. The first-order valence-electron chi connectivity index (χ1n) is 5.99. The van der Waals surface area contributed by atoms with Gasteiger partial charge in [-0.15, -0.1) is 0 Å². The molecular formula is C13H13N3O2. The Kier molecular flexibility index (Phi) is 2.59. The Hall–Kier alpha value is -2.17. The van der Waals surface area contributed by atoms with E-state index in [1.165, 1.54) is 0 Å². The van der Waals surface area contributed by atoms with Gasteiger partial charge in [-0.25, -0.2) is 0 Å². The Bertz CT molecular complexity index is 630. The molecule has 1 N–H and O–H groups in total. The molecule has 1 aliphatic heterocycles. The van der Waals surface area contributed by atoms with Crippen molar-refractivity contribution in [3.63, 3.8) is 0 Å². The number of hydrogen-bond acceptors (Lipinski definition) is 3. The fourth-order valence-corrected chi connectivity index (χ4v) is 2.51. The SMILES string of the molecule is O=[N+]([O-])c1cc2cc[nH]c2cc1C1CC=NCC1. The molecule has 1 aromatic carbocycles. The van der Waals surface area contributed by atoms with Crippen molar-refractivity contribution in [2.24, 2.45) is 4.99 Å². The van der Waals surface area contributed by atoms with E-state index >= 15 is 0 Å². The molecule has 1 unspecified atom stereocenters. The van der Waals surface area contributed by atoms with Gasteiger partial charge in [-0.1, -0.05) is 0 Å². The smallest absolute Gasteiger partial charge is 0.273 e. The summed E-state index contributed by atoms with van der Waals surface area (Å²) in [5, 5.41) is 12.1. The highest BCUT2D eigenvalue weighted by atomic mass is 16.6. The number of hydrogen-bond donors (Lipinski definition) is 1. The topological polar surface area (TPSA) is 71.3 Å². The van der Waals surface area contributed by atoms with Crippen LogP contribution in [0.3, 0.4) is 0 Å². The lowest BCUT2D eigenvalue weighted by atomic mass is 9.89. The molecule has 1 aromatic heterocycles. The molecule has 0 saturated heterocycles. The van der Waals surface area contributed by atoms with Gasteiger partial charge in [0.05, 0.1) is 4.92 Å². The molecule has 5 heteroatoms. The minimum absolute atomic E-state index is 0.204. The third kappa shape index (κ3) is 1.77. The normalized spacial score (nSPS) is 19.2. The average Bonchev–Trinajstić information content (AvgIpc) is 2.85. The van der Waals surface area contributed by atoms with Gasteiger partial charge >= 0.3 is 0 Å². The molecule has 0 aliphatic carbocycles. The zero-order valence-corrected chi connectivity index (χ0v) is 9.80. The van der Waals surface area contributed by atoms with Gasteiger partial charge in [0.1, 0.15) is 0 Å². The zero-order chi connectivity index (χ0) is 12.5. The van der Waals surface area contributed by atoms with E-state index < -0.39 is 0 Å². The highest BCUT2D eigenvalue weighted by molar-refractivity contribution is 5.83. The number of aromatic amines is 1. The molecule has 92 valence electrons. The van der Waals surface area contributed by atoms with Crippen LogP contribution < -0.4 is 0 Å². The molecule has 18 heavy (non-hydrogen) atoms. The standard InChI is InChI=1S/C13H13N3O2/c17-16(18)13-7-10-3-6-15-12(10)8-11(13)9-1-4-14-5-2-9/h3-4,6-9,15H,1-2,5H2. The molecule has 0 spiro atoms. The minimum atomic E-state index is -0.284. The lowest BCUT2D eigenvalue weighted by molar-refractivity contribution is -0.385. The van der Waals surface area contributed by atoms with E-state index in [9.17, 15) is 10.1 Å². The maximum Gasteiger partial charge on any atom is 0.273 e. The van der Waals surface area contributed by atoms with Crippen LogP contribution in [0.4, 0.5) is 5.69 Å². The maximum atomic E-state index is 11.2. The summed E-state index contributed by atoms with van der Waals surface area (Å²) in [4.78, 5) is 18.2. The van der Waals surface area contributed by atoms with Gasteiger partial charge in [-0.3, -0.25) is 15.1 Å². The number of benzene rings is 1. The number of rotatable bonds is 2. The fraction of sp³-hybridized carbons (Fsp3) is 0.308. The number of nitrogens with zero attached hydrogens (tertiary/aromatic N) is 2. The van der Waals surface area contributed by atoms with Crippen LogP contribution in [-0.2, 0) is 0 Å². The second kappa shape index (κ2) is 4.25. The number of nitro benzene ring substituents is 1. The Balaban J connectivity index is 2.15. The van der Waals surface area contributed by atoms with E-state index in [1.54, 1.807) is 12.3 Å². The highest BCUT2D eigenvalue weighted by Gasteiger charge is 2.23. The van der Waals surface area contributed by atoms with Gasteiger partial charge < -0.3 is 4.98 Å². The number of H-pyrrole nitrogens is 1. The summed E-state index contributed by atoms with van der Waals surface area (Å²) < 4.78 is 0. The first kappa shape index (κ1) is 11.0. The van der Waals surface area contributed by atoms with Crippen molar-refractivity contribution in [3.8, 4) is 0 Å². The molecule has 2 heterocycles. The Morgan fingerprint density at radius 1 is 1.44 bits per heavy atom. The summed E-state index contributed by atoms with van der Waals surface area (Å²) in [5.41, 5.74) is 2.00. The number of nitro groups is 1. The third-order valence-electron chi connectivity index (χ3n) is 3.46. The van der Waals surface area contributed by atoms with E-state index in [-0.39, 0.29) is 16.5 Å². The van der Waals surface area contributed by atoms with Gasteiger partial charge in [0, 0.05) is 35.3 Å². The zero-order valence-electron chi connectivity index (χ0n) is 9.80. The molecule has 0 saturated carbocycles. The van der Waals surface area contributed by atoms with Crippen LogP contribution >= 0.6 is 0 Å². The van der Waals surface area contributed by atoms with Crippen LogP contribution in [0, 0.1) is 10.1 Å². The third-order valence-corrected chi connectivity index (χ3v) is 3.46. The van der Waals surface area contributed by atoms with E-state index in [4.69, 9.17) is 0 Å². The predicted octanol–water partition coefficient (Wildman–Crippen LogP) is 3.02. The first-order valence-corrected chi connectivity index (χ1v) is 5.99. The van der Waals surface area contributed by atoms with Crippen molar-refractivity contribution >= 4 is 22.8 Å². The lowest BCUT2D eigenvalue weighted by Crippen LogP contribution is -2.09. The van der Waals surface area contributed by atoms with Crippen LogP contribution in [0.25, 0.3) is 10.9 Å². The van der Waals surface area contributed by atoms with Crippen LogP contribution in [0.5, 0.6) is 0 Å². The molecule has 3 rings (SSSR count). The maximum absolute atomic E-state index is 11.2. The molecule has 0 amide bonds. The average molecular weight is 243 g/mol. The molecule has 5 nitrogen and oxygen atoms in total. The first-order chi connectivity index (χ1) is 8.75. The number of nitrogens with one attached hydrogen (secondary N) is 1. The van der Waals surface area contributed by atoms with Gasteiger partial charge in [0.25, 0.3) is 5.69 Å². The van der Waals surface area contributed by atoms with Gasteiger partial charge in [-0.05, 0) is 37.1 Å². The van der Waals surface area contributed by atoms with Crippen molar-refractivity contribution in [3.05, 3.63) is 40.1 Å². The van der Waals surface area contributed by atoms with Crippen LogP contribution in [-0.4, -0.2) is 22.7 Å². The van der Waals surface area contributed by atoms with E-state index in [0.29, 0.717) is 0 Å². The summed E-state index contributed by atoms with van der Waals surface area (Å²) in [6, 6.07) is 5.43. The van der Waals surface area contributed by atoms with Crippen molar-refractivity contribution in [1.82, 2.24) is 4.98 Å². The van der Waals surface area contributed by atoms with Crippen LogP contribution in [0.2, 0.25) is 0 Å². The lowest BCUT2D eigenvalue weighted by Gasteiger charge is -2.17. The monoisotopic (exact) mass is 243 g/mol. The van der Waals surface area contributed by atoms with E-state index in [1.807, 2.05) is 18.3 Å². The van der Waals surface area contributed by atoms with Crippen molar-refractivity contribution < 1.29 is 4.92 Å². The molecule has 1 atom stereocenters. The van der Waals surface area contributed by atoms with Gasteiger partial charge in [0.15, 0.2) is 0 Å². The molecular weight excluding hydrogens is 230 g/mol. The predicted molar refractivity (Wildman–Crippen MR) is 70.3 cm³/mol. The van der Waals surface area contributed by atoms with Crippen molar-refractivity contribution in [1.29, 1.82) is 0 Å². The fourth-order valence-electron chi connectivity index (χ4n) is 2.51. The van der Waals surface area contributed by atoms with E-state index in [0.717, 1.165) is 35.9 Å². The van der Waals surface area contributed by atoms with Crippen molar-refractivity contribution in [2.75, 3.05) is 6.54 Å². The highest BCUT2D eigenvalue weighted by Crippen LogP contribution is 2.35. The Morgan fingerprint density at radius 3 is 3.06 bits per heavy atom. The van der Waals surface area contributed by atoms with Crippen LogP contribution in [0.15, 0.2) is 29.4 Å². The summed E-state index contributed by atoms with van der Waals surface area (Å²) in [6.45, 7) is 0.755. The summed E-state index contributed by atoms with van der Waals surface area (Å²) in [6.07, 6.45) is 5.34. The van der Waals surface area contributed by atoms with Gasteiger partial charge in [-0.2, -0.15) is 0 Å². The van der Waals surface area contributed by atoms with Crippen LogP contribution in [0.1, 0.15) is 24.3 Å². The summed E-state index contributed by atoms with van der Waals surface area (Å²) in [7, 11) is 0. The molecule has 0 radical (unpaired) electrons. The number of fused-ring (bicyclic) bond motifs is 1. The Labute approximate surface area is 104 Å². The minimum Gasteiger partial charge on any atom is -0.361 e. The molecule has 0 fully saturated rings. The molecule has 1 aliphatic rings. The second-order valence-electron chi connectivity index (χ2n) is 4.54. The number of aromatic nitrogens is 1. The summed E-state index contributed by atoms with van der Waals surface area (Å²) in [5.74, 6) is 0.204. The quantitative estimate of drug-likeness (QED) is 0.650. The number of aliphatic imine (C=N–C) groups is 1. The summed E-state index contributed by atoms with van der Waals surface area (Å²) >= 11 is 0. The van der Waals surface area contributed by atoms with E-state index in [2.05, 4.69) is 9.98 Å².